The minimum Gasteiger partial charge on any atom is -0.481 e. The lowest BCUT2D eigenvalue weighted by molar-refractivity contribution is -0.150. The summed E-state index contributed by atoms with van der Waals surface area (Å²) >= 11 is 0. The van der Waals surface area contributed by atoms with Gasteiger partial charge in [0.05, 0.1) is 11.0 Å². The highest BCUT2D eigenvalue weighted by atomic mass is 16.4. The number of carboxylic acid groups (broad SMARTS) is 1. The zero-order valence-corrected chi connectivity index (χ0v) is 13.3. The summed E-state index contributed by atoms with van der Waals surface area (Å²) in [6, 6.07) is -0.342. The third-order valence-corrected chi connectivity index (χ3v) is 4.40. The summed E-state index contributed by atoms with van der Waals surface area (Å²) in [5.74, 6) is -1.08. The van der Waals surface area contributed by atoms with E-state index in [9.17, 15) is 19.5 Å². The number of nitrogens with one attached hydrogen (secondary N) is 2. The van der Waals surface area contributed by atoms with Gasteiger partial charge in [0.1, 0.15) is 0 Å². The Bertz CT molecular complexity index is 446. The monoisotopic (exact) mass is 299 g/mol. The number of aliphatic carboxylic acids is 1. The van der Waals surface area contributed by atoms with Crippen molar-refractivity contribution in [2.45, 2.75) is 52.6 Å². The van der Waals surface area contributed by atoms with Gasteiger partial charge in [-0.05, 0) is 34.1 Å². The number of urea groups is 1. The van der Waals surface area contributed by atoms with E-state index in [1.54, 1.807) is 32.6 Å². The first-order valence-corrected chi connectivity index (χ1v) is 7.05. The third kappa shape index (κ3) is 3.86. The molecule has 21 heavy (non-hydrogen) atoms. The first-order valence-electron chi connectivity index (χ1n) is 7.05. The average molecular weight is 299 g/mol. The Kier molecular flexibility index (Phi) is 4.86. The van der Waals surface area contributed by atoms with Gasteiger partial charge in [-0.15, -0.1) is 0 Å². The molecule has 1 aliphatic heterocycles. The molecule has 1 rings (SSSR count). The maximum absolute atomic E-state index is 12.3. The fraction of sp³-hybridized carbons (Fsp3) is 0.786. The van der Waals surface area contributed by atoms with Crippen LogP contribution in [0.2, 0.25) is 0 Å². The summed E-state index contributed by atoms with van der Waals surface area (Å²) in [5, 5.41) is 14.9. The molecule has 1 aliphatic rings. The van der Waals surface area contributed by atoms with Gasteiger partial charge in [-0.25, -0.2) is 4.79 Å². The molecule has 0 aromatic rings. The Balaban J connectivity index is 2.66. The second kappa shape index (κ2) is 5.91. The fourth-order valence-corrected chi connectivity index (χ4v) is 2.12. The van der Waals surface area contributed by atoms with Gasteiger partial charge in [0, 0.05) is 26.1 Å². The molecule has 7 nitrogen and oxygen atoms in total. The van der Waals surface area contributed by atoms with Gasteiger partial charge < -0.3 is 20.6 Å². The summed E-state index contributed by atoms with van der Waals surface area (Å²) in [7, 11) is 0. The van der Waals surface area contributed by atoms with Crippen LogP contribution in [0.4, 0.5) is 4.79 Å². The second-order valence-corrected chi connectivity index (χ2v) is 6.62. The number of amides is 3. The lowest BCUT2D eigenvalue weighted by Crippen LogP contribution is -2.59. The Morgan fingerprint density at radius 3 is 2.24 bits per heavy atom. The van der Waals surface area contributed by atoms with E-state index in [0.717, 1.165) is 0 Å². The quantitative estimate of drug-likeness (QED) is 0.715. The lowest BCUT2D eigenvalue weighted by atomic mass is 9.74. The van der Waals surface area contributed by atoms with Crippen molar-refractivity contribution in [1.29, 1.82) is 0 Å². The van der Waals surface area contributed by atoms with Crippen molar-refractivity contribution < 1.29 is 19.5 Å². The smallest absolute Gasteiger partial charge is 0.317 e. The number of likely N-dealkylation sites (tertiary alicyclic amines) is 1. The SMILES string of the molecule is CC(=O)NC1CCN(C(=O)NC(C)(C)C(C)(C)C(=O)O)C1. The summed E-state index contributed by atoms with van der Waals surface area (Å²) in [6.07, 6.45) is 0.704. The van der Waals surface area contributed by atoms with Gasteiger partial charge in [0.2, 0.25) is 5.91 Å². The van der Waals surface area contributed by atoms with Gasteiger partial charge in [-0.2, -0.15) is 0 Å². The largest absolute Gasteiger partial charge is 0.481 e. The Morgan fingerprint density at radius 2 is 1.76 bits per heavy atom. The molecule has 0 bridgehead atoms. The van der Waals surface area contributed by atoms with Crippen molar-refractivity contribution in [3.05, 3.63) is 0 Å². The van der Waals surface area contributed by atoms with E-state index in [-0.39, 0.29) is 18.0 Å². The molecule has 1 fully saturated rings. The maximum atomic E-state index is 12.3. The molecule has 3 amide bonds. The number of hydrogen-bond donors (Lipinski definition) is 3. The Morgan fingerprint density at radius 1 is 1.19 bits per heavy atom. The zero-order valence-electron chi connectivity index (χ0n) is 13.3. The first-order chi connectivity index (χ1) is 9.47. The van der Waals surface area contributed by atoms with Crippen LogP contribution >= 0.6 is 0 Å². The van der Waals surface area contributed by atoms with Crippen molar-refractivity contribution in [3.63, 3.8) is 0 Å². The third-order valence-electron chi connectivity index (χ3n) is 4.40. The molecule has 1 atom stereocenters. The summed E-state index contributed by atoms with van der Waals surface area (Å²) in [4.78, 5) is 36.2. The lowest BCUT2D eigenvalue weighted by Gasteiger charge is -2.39. The van der Waals surface area contributed by atoms with Gasteiger partial charge in [-0.3, -0.25) is 9.59 Å². The van der Waals surface area contributed by atoms with Crippen LogP contribution in [0.25, 0.3) is 0 Å². The molecule has 3 N–H and O–H groups in total. The summed E-state index contributed by atoms with van der Waals surface area (Å²) in [6.45, 7) is 8.98. The van der Waals surface area contributed by atoms with Gasteiger partial charge in [0.15, 0.2) is 0 Å². The van der Waals surface area contributed by atoms with Crippen LogP contribution in [0, 0.1) is 5.41 Å². The maximum Gasteiger partial charge on any atom is 0.317 e. The van der Waals surface area contributed by atoms with Crippen molar-refractivity contribution in [2.24, 2.45) is 5.41 Å². The fourth-order valence-electron chi connectivity index (χ4n) is 2.12. The topological polar surface area (TPSA) is 98.7 Å². The highest BCUT2D eigenvalue weighted by molar-refractivity contribution is 5.80. The van der Waals surface area contributed by atoms with Gasteiger partial charge >= 0.3 is 12.0 Å². The Labute approximate surface area is 125 Å². The molecule has 0 spiro atoms. The number of hydrogen-bond acceptors (Lipinski definition) is 3. The predicted octanol–water partition coefficient (Wildman–Crippen LogP) is 0.796. The van der Waals surface area contributed by atoms with E-state index in [4.69, 9.17) is 0 Å². The van der Waals surface area contributed by atoms with E-state index in [1.807, 2.05) is 0 Å². The van der Waals surface area contributed by atoms with Gasteiger partial charge in [0.25, 0.3) is 0 Å². The number of carbonyl (C=O) groups is 3. The van der Waals surface area contributed by atoms with Crippen LogP contribution in [0.1, 0.15) is 41.0 Å². The van der Waals surface area contributed by atoms with Crippen molar-refractivity contribution in [1.82, 2.24) is 15.5 Å². The van der Waals surface area contributed by atoms with Gasteiger partial charge in [-0.1, -0.05) is 0 Å². The normalized spacial score (nSPS) is 19.3. The molecule has 7 heteroatoms. The van der Waals surface area contributed by atoms with Crippen LogP contribution in [0.15, 0.2) is 0 Å². The van der Waals surface area contributed by atoms with E-state index in [0.29, 0.717) is 19.5 Å². The molecule has 0 aromatic heterocycles. The van der Waals surface area contributed by atoms with E-state index >= 15 is 0 Å². The number of carboxylic acids is 1. The second-order valence-electron chi connectivity index (χ2n) is 6.62. The van der Waals surface area contributed by atoms with E-state index in [2.05, 4.69) is 10.6 Å². The molecular weight excluding hydrogens is 274 g/mol. The zero-order chi connectivity index (χ0) is 16.4. The molecule has 0 saturated carbocycles. The minimum atomic E-state index is -1.10. The molecular formula is C14H25N3O4. The standard InChI is InChI=1S/C14H25N3O4/c1-9(18)15-10-6-7-17(8-10)12(21)16-14(4,5)13(2,3)11(19)20/h10H,6-8H2,1-5H3,(H,15,18)(H,16,21)(H,19,20). The highest BCUT2D eigenvalue weighted by Crippen LogP contribution is 2.31. The summed E-state index contributed by atoms with van der Waals surface area (Å²) in [5.41, 5.74) is -2.00. The van der Waals surface area contributed by atoms with Crippen molar-refractivity contribution in [2.75, 3.05) is 13.1 Å². The predicted molar refractivity (Wildman–Crippen MR) is 77.8 cm³/mol. The van der Waals surface area contributed by atoms with Crippen LogP contribution in [-0.4, -0.2) is 52.6 Å². The van der Waals surface area contributed by atoms with E-state index < -0.39 is 16.9 Å². The highest BCUT2D eigenvalue weighted by Gasteiger charge is 2.45. The van der Waals surface area contributed by atoms with Crippen molar-refractivity contribution in [3.8, 4) is 0 Å². The molecule has 0 aromatic carbocycles. The number of nitrogens with zero attached hydrogens (tertiary/aromatic N) is 1. The molecule has 0 aliphatic carbocycles. The van der Waals surface area contributed by atoms with Crippen LogP contribution in [0.3, 0.4) is 0 Å². The van der Waals surface area contributed by atoms with Crippen LogP contribution < -0.4 is 10.6 Å². The summed E-state index contributed by atoms with van der Waals surface area (Å²) < 4.78 is 0. The molecule has 1 unspecified atom stereocenters. The average Bonchev–Trinajstić information content (AvgIpc) is 2.75. The molecule has 120 valence electrons. The minimum absolute atomic E-state index is 0.0381. The van der Waals surface area contributed by atoms with Crippen LogP contribution in [0.5, 0.6) is 0 Å². The molecule has 1 heterocycles. The van der Waals surface area contributed by atoms with Crippen LogP contribution in [-0.2, 0) is 9.59 Å². The van der Waals surface area contributed by atoms with E-state index in [1.165, 1.54) is 6.92 Å². The molecule has 0 radical (unpaired) electrons. The number of rotatable bonds is 4. The number of carbonyl (C=O) groups excluding carboxylic acids is 2. The Hall–Kier alpha value is -1.79. The first kappa shape index (κ1) is 17.3. The molecule has 1 saturated heterocycles. The van der Waals surface area contributed by atoms with Crippen molar-refractivity contribution >= 4 is 17.9 Å².